The Hall–Kier alpha value is -0.513. The summed E-state index contributed by atoms with van der Waals surface area (Å²) in [7, 11) is -1.81. The van der Waals surface area contributed by atoms with Crippen LogP contribution >= 0.6 is 0 Å². The van der Waals surface area contributed by atoms with E-state index in [1.54, 1.807) is 0 Å². The average molecular weight is 289 g/mol. The Morgan fingerprint density at radius 3 is 1.95 bits per heavy atom. The fourth-order valence-corrected chi connectivity index (χ4v) is 2.37. The first-order valence-electron chi connectivity index (χ1n) is 7.87. The molecule has 114 valence electrons. The largest absolute Gasteiger partial charge is 0.494 e. The zero-order chi connectivity index (χ0) is 14.6. The molecule has 0 fully saturated rings. The first-order valence-corrected chi connectivity index (χ1v) is 11.0. The Kier molecular flexibility index (Phi) is 11.0. The van der Waals surface area contributed by atoms with Gasteiger partial charge < -0.3 is 9.16 Å². The van der Waals surface area contributed by atoms with Crippen LogP contribution in [0.3, 0.4) is 0 Å². The third-order valence-corrected chi connectivity index (χ3v) is 5.85. The maximum atomic E-state index is 11.4. The van der Waals surface area contributed by atoms with E-state index < -0.39 is 14.5 Å². The smallest absolute Gasteiger partial charge is 0.489 e. The van der Waals surface area contributed by atoms with Gasteiger partial charge in [0.2, 0.25) is 0 Å². The third kappa shape index (κ3) is 12.3. The van der Waals surface area contributed by atoms with Crippen molar-refractivity contribution in [1.29, 1.82) is 0 Å². The number of hydrogen-bond acceptors (Lipinski definition) is 3. The van der Waals surface area contributed by atoms with Crippen molar-refractivity contribution < 1.29 is 14.0 Å². The molecule has 0 saturated carbocycles. The molecule has 19 heavy (non-hydrogen) atoms. The van der Waals surface area contributed by atoms with Crippen LogP contribution in [0.5, 0.6) is 0 Å². The lowest BCUT2D eigenvalue weighted by Crippen LogP contribution is -2.32. The molecule has 3 nitrogen and oxygen atoms in total. The molecule has 0 aliphatic rings. The summed E-state index contributed by atoms with van der Waals surface area (Å²) in [6, 6.07) is 0.930. The van der Waals surface area contributed by atoms with E-state index in [0.717, 1.165) is 18.9 Å². The van der Waals surface area contributed by atoms with Crippen LogP contribution in [-0.4, -0.2) is 21.1 Å². The van der Waals surface area contributed by atoms with Crippen molar-refractivity contribution >= 4 is 14.5 Å². The van der Waals surface area contributed by atoms with Crippen molar-refractivity contribution in [2.45, 2.75) is 84.4 Å². The lowest BCUT2D eigenvalue weighted by molar-refractivity contribution is 0.0948. The quantitative estimate of drug-likeness (QED) is 0.286. The lowest BCUT2D eigenvalue weighted by Gasteiger charge is -2.19. The van der Waals surface area contributed by atoms with Crippen LogP contribution in [0.4, 0.5) is 4.79 Å². The van der Waals surface area contributed by atoms with E-state index in [2.05, 4.69) is 13.8 Å². The van der Waals surface area contributed by atoms with Crippen molar-refractivity contribution in [1.82, 2.24) is 0 Å². The minimum Gasteiger partial charge on any atom is -0.489 e. The van der Waals surface area contributed by atoms with Gasteiger partial charge in [-0.1, -0.05) is 58.8 Å². The van der Waals surface area contributed by atoms with Gasteiger partial charge in [0.1, 0.15) is 0 Å². The minimum absolute atomic E-state index is 0.471. The molecular weight excluding hydrogens is 256 g/mol. The van der Waals surface area contributed by atoms with Crippen molar-refractivity contribution in [3.8, 4) is 0 Å². The Morgan fingerprint density at radius 1 is 0.895 bits per heavy atom. The van der Waals surface area contributed by atoms with Crippen molar-refractivity contribution in [2.24, 2.45) is 0 Å². The van der Waals surface area contributed by atoms with E-state index in [1.807, 2.05) is 13.1 Å². The molecule has 0 heterocycles. The fourth-order valence-electron chi connectivity index (χ4n) is 1.72. The SMILES string of the molecule is CCCCCCCCCCOC(=O)O[Si](C)(C)CC. The summed E-state index contributed by atoms with van der Waals surface area (Å²) in [5.41, 5.74) is 0. The van der Waals surface area contributed by atoms with E-state index in [9.17, 15) is 4.79 Å². The topological polar surface area (TPSA) is 35.5 Å². The summed E-state index contributed by atoms with van der Waals surface area (Å²) < 4.78 is 10.4. The molecule has 0 amide bonds. The molecule has 0 bridgehead atoms. The van der Waals surface area contributed by atoms with Gasteiger partial charge in [0.25, 0.3) is 8.32 Å². The normalized spacial score (nSPS) is 11.4. The summed E-state index contributed by atoms with van der Waals surface area (Å²) >= 11 is 0. The van der Waals surface area contributed by atoms with Crippen molar-refractivity contribution in [2.75, 3.05) is 6.61 Å². The van der Waals surface area contributed by atoms with E-state index >= 15 is 0 Å². The second-order valence-corrected chi connectivity index (χ2v) is 10.2. The van der Waals surface area contributed by atoms with Crippen LogP contribution < -0.4 is 0 Å². The second-order valence-electron chi connectivity index (χ2n) is 5.79. The van der Waals surface area contributed by atoms with Gasteiger partial charge in [0.15, 0.2) is 0 Å². The number of carbonyl (C=O) groups excluding carboxylic acids is 1. The van der Waals surface area contributed by atoms with Crippen LogP contribution in [0, 0.1) is 0 Å². The number of ether oxygens (including phenoxy) is 1. The summed E-state index contributed by atoms with van der Waals surface area (Å²) in [5, 5.41) is 0. The monoisotopic (exact) mass is 288 g/mol. The molecule has 0 spiro atoms. The Bertz CT molecular complexity index is 229. The summed E-state index contributed by atoms with van der Waals surface area (Å²) in [5.74, 6) is 0. The van der Waals surface area contributed by atoms with Gasteiger partial charge in [-0.2, -0.15) is 0 Å². The number of rotatable bonds is 11. The van der Waals surface area contributed by atoms with Crippen LogP contribution in [0.25, 0.3) is 0 Å². The standard InChI is InChI=1S/C15H32O3Si/c1-5-7-8-9-10-11-12-13-14-17-15(16)18-19(3,4)6-2/h5-14H2,1-4H3. The van der Waals surface area contributed by atoms with Gasteiger partial charge in [0, 0.05) is 0 Å². The van der Waals surface area contributed by atoms with Crippen molar-refractivity contribution in [3.63, 3.8) is 0 Å². The Balaban J connectivity index is 3.32. The van der Waals surface area contributed by atoms with Gasteiger partial charge in [0.05, 0.1) is 6.61 Å². The van der Waals surface area contributed by atoms with Crippen LogP contribution in [0.2, 0.25) is 19.1 Å². The van der Waals surface area contributed by atoms with E-state index in [-0.39, 0.29) is 0 Å². The fraction of sp³-hybridized carbons (Fsp3) is 0.933. The number of unbranched alkanes of at least 4 members (excludes halogenated alkanes) is 7. The highest BCUT2D eigenvalue weighted by atomic mass is 28.4. The van der Waals surface area contributed by atoms with Gasteiger partial charge >= 0.3 is 6.16 Å². The Labute approximate surface area is 120 Å². The molecule has 4 heteroatoms. The number of carbonyl (C=O) groups is 1. The molecule has 0 atom stereocenters. The van der Waals surface area contributed by atoms with Crippen LogP contribution in [-0.2, 0) is 9.16 Å². The first-order chi connectivity index (χ1) is 9.02. The summed E-state index contributed by atoms with van der Waals surface area (Å²) in [6.45, 7) is 8.86. The molecule has 0 aromatic carbocycles. The summed E-state index contributed by atoms with van der Waals surface area (Å²) in [4.78, 5) is 11.4. The predicted octanol–water partition coefficient (Wildman–Crippen LogP) is 5.51. The molecule has 0 aromatic rings. The van der Waals surface area contributed by atoms with E-state index in [0.29, 0.717) is 6.61 Å². The highest BCUT2D eigenvalue weighted by Crippen LogP contribution is 2.12. The molecule has 0 N–H and O–H groups in total. The first kappa shape index (κ1) is 18.5. The van der Waals surface area contributed by atoms with Crippen LogP contribution in [0.1, 0.15) is 65.2 Å². The number of hydrogen-bond donors (Lipinski definition) is 0. The molecule has 0 radical (unpaired) electrons. The predicted molar refractivity (Wildman–Crippen MR) is 83.0 cm³/mol. The molecule has 0 saturated heterocycles. The van der Waals surface area contributed by atoms with E-state index in [1.165, 1.54) is 38.5 Å². The summed E-state index contributed by atoms with van der Waals surface area (Å²) in [6.07, 6.45) is 9.53. The minimum atomic E-state index is -1.81. The molecule has 0 aliphatic carbocycles. The highest BCUT2D eigenvalue weighted by molar-refractivity contribution is 6.72. The van der Waals surface area contributed by atoms with Crippen molar-refractivity contribution in [3.05, 3.63) is 0 Å². The van der Waals surface area contributed by atoms with Gasteiger partial charge in [-0.3, -0.25) is 0 Å². The third-order valence-electron chi connectivity index (χ3n) is 3.43. The maximum absolute atomic E-state index is 11.4. The van der Waals surface area contributed by atoms with Gasteiger partial charge in [-0.05, 0) is 25.6 Å². The zero-order valence-corrected chi connectivity index (χ0v) is 14.3. The molecular formula is C15H32O3Si. The second kappa shape index (κ2) is 11.3. The van der Waals surface area contributed by atoms with Crippen LogP contribution in [0.15, 0.2) is 0 Å². The lowest BCUT2D eigenvalue weighted by atomic mass is 10.1. The molecule has 0 unspecified atom stereocenters. The molecule has 0 rings (SSSR count). The molecule has 0 aromatic heterocycles. The average Bonchev–Trinajstić information content (AvgIpc) is 2.36. The van der Waals surface area contributed by atoms with Gasteiger partial charge in [-0.25, -0.2) is 4.79 Å². The zero-order valence-electron chi connectivity index (χ0n) is 13.3. The highest BCUT2D eigenvalue weighted by Gasteiger charge is 2.25. The maximum Gasteiger partial charge on any atom is 0.494 e. The Morgan fingerprint density at radius 2 is 1.42 bits per heavy atom. The van der Waals surface area contributed by atoms with Gasteiger partial charge in [-0.15, -0.1) is 0 Å². The van der Waals surface area contributed by atoms with E-state index in [4.69, 9.17) is 9.16 Å². The molecule has 0 aliphatic heterocycles.